The Balaban J connectivity index is 1.76. The highest BCUT2D eigenvalue weighted by Gasteiger charge is 2.31. The molecule has 1 aliphatic rings. The molecule has 1 aliphatic heterocycles. The number of nitrogens with one attached hydrogen (secondary N) is 1. The van der Waals surface area contributed by atoms with Crippen molar-refractivity contribution >= 4 is 17.5 Å². The molecule has 0 bridgehead atoms. The number of aromatic nitrogens is 2. The van der Waals surface area contributed by atoms with Crippen LogP contribution in [0.1, 0.15) is 11.6 Å². The molecule has 0 aliphatic carbocycles. The first kappa shape index (κ1) is 15.0. The molecule has 0 spiro atoms. The molecular weight excluding hydrogens is 307 g/mol. The van der Waals surface area contributed by atoms with E-state index < -0.39 is 6.04 Å². The third kappa shape index (κ3) is 3.28. The lowest BCUT2D eigenvalue weighted by Crippen LogP contribution is -2.50. The Bertz CT molecular complexity index is 675. The van der Waals surface area contributed by atoms with Gasteiger partial charge >= 0.3 is 0 Å². The molecule has 1 saturated heterocycles. The van der Waals surface area contributed by atoms with Crippen LogP contribution in [0.15, 0.2) is 36.7 Å². The Kier molecular flexibility index (Phi) is 4.40. The minimum atomic E-state index is -0.476. The van der Waals surface area contributed by atoms with Gasteiger partial charge in [-0.1, -0.05) is 23.7 Å². The maximum atomic E-state index is 13.5. The highest BCUT2D eigenvalue weighted by atomic mass is 35.5. The lowest BCUT2D eigenvalue weighted by atomic mass is 10.0. The van der Waals surface area contributed by atoms with Crippen LogP contribution in [0, 0.1) is 5.82 Å². The predicted octanol–water partition coefficient (Wildman–Crippen LogP) is 1.85. The van der Waals surface area contributed by atoms with Gasteiger partial charge in [0.05, 0.1) is 17.8 Å². The zero-order valence-electron chi connectivity index (χ0n) is 11.9. The van der Waals surface area contributed by atoms with Crippen molar-refractivity contribution in [2.45, 2.75) is 12.6 Å². The van der Waals surface area contributed by atoms with Gasteiger partial charge in [0.15, 0.2) is 0 Å². The third-order valence-corrected chi connectivity index (χ3v) is 3.89. The number of halogens is 2. The molecule has 7 heteroatoms. The number of piperazine rings is 1. The van der Waals surface area contributed by atoms with E-state index in [4.69, 9.17) is 11.6 Å². The summed E-state index contributed by atoms with van der Waals surface area (Å²) in [6.07, 6.45) is 3.32. The summed E-state index contributed by atoms with van der Waals surface area (Å²) < 4.78 is 15.2. The van der Waals surface area contributed by atoms with E-state index >= 15 is 0 Å². The van der Waals surface area contributed by atoms with E-state index in [0.717, 1.165) is 0 Å². The fraction of sp³-hybridized carbons (Fsp3) is 0.333. The number of carbonyl (C=O) groups excluding carboxylic acids is 1. The zero-order valence-corrected chi connectivity index (χ0v) is 12.6. The van der Waals surface area contributed by atoms with Crippen LogP contribution in [0.4, 0.5) is 4.39 Å². The van der Waals surface area contributed by atoms with Gasteiger partial charge in [0, 0.05) is 25.8 Å². The molecule has 2 heterocycles. The molecule has 1 amide bonds. The van der Waals surface area contributed by atoms with Gasteiger partial charge in [-0.05, 0) is 17.7 Å². The third-order valence-electron chi connectivity index (χ3n) is 3.69. The van der Waals surface area contributed by atoms with Crippen LogP contribution in [0.3, 0.4) is 0 Å². The SMILES string of the molecule is O=C1NCCN(CCn2cc(Cl)cn2)C1c1cccc(F)c1. The van der Waals surface area contributed by atoms with E-state index in [-0.39, 0.29) is 11.7 Å². The summed E-state index contributed by atoms with van der Waals surface area (Å²) in [5, 5.41) is 7.55. The number of nitrogens with zero attached hydrogens (tertiary/aromatic N) is 3. The second-order valence-corrected chi connectivity index (χ2v) is 5.64. The fourth-order valence-corrected chi connectivity index (χ4v) is 2.84. The first-order valence-corrected chi connectivity index (χ1v) is 7.46. The van der Waals surface area contributed by atoms with E-state index in [9.17, 15) is 9.18 Å². The van der Waals surface area contributed by atoms with Crippen LogP contribution in [-0.2, 0) is 11.3 Å². The molecule has 1 fully saturated rings. The summed E-state index contributed by atoms with van der Waals surface area (Å²) in [4.78, 5) is 14.2. The molecule has 116 valence electrons. The first-order valence-electron chi connectivity index (χ1n) is 7.08. The molecule has 5 nitrogen and oxygen atoms in total. The van der Waals surface area contributed by atoms with E-state index in [1.165, 1.54) is 12.1 Å². The van der Waals surface area contributed by atoms with Gasteiger partial charge in [0.1, 0.15) is 11.9 Å². The molecule has 0 saturated carbocycles. The number of rotatable bonds is 4. The van der Waals surface area contributed by atoms with E-state index in [2.05, 4.69) is 10.4 Å². The Hall–Kier alpha value is -1.92. The molecule has 1 aromatic carbocycles. The highest BCUT2D eigenvalue weighted by Crippen LogP contribution is 2.23. The van der Waals surface area contributed by atoms with Crippen molar-refractivity contribution < 1.29 is 9.18 Å². The van der Waals surface area contributed by atoms with Crippen LogP contribution in [0.2, 0.25) is 5.02 Å². The maximum absolute atomic E-state index is 13.5. The van der Waals surface area contributed by atoms with Crippen molar-refractivity contribution in [2.75, 3.05) is 19.6 Å². The van der Waals surface area contributed by atoms with Crippen LogP contribution < -0.4 is 5.32 Å². The summed E-state index contributed by atoms with van der Waals surface area (Å²) in [6, 6.07) is 5.71. The Morgan fingerprint density at radius 1 is 1.41 bits per heavy atom. The number of benzene rings is 1. The highest BCUT2D eigenvalue weighted by molar-refractivity contribution is 6.30. The summed E-state index contributed by atoms with van der Waals surface area (Å²) in [6.45, 7) is 2.55. The van der Waals surface area contributed by atoms with Crippen molar-refractivity contribution in [3.8, 4) is 0 Å². The topological polar surface area (TPSA) is 50.2 Å². The largest absolute Gasteiger partial charge is 0.353 e. The maximum Gasteiger partial charge on any atom is 0.242 e. The molecule has 1 atom stereocenters. The van der Waals surface area contributed by atoms with Gasteiger partial charge in [-0.2, -0.15) is 5.10 Å². The van der Waals surface area contributed by atoms with Gasteiger partial charge in [0.2, 0.25) is 5.91 Å². The average Bonchev–Trinajstić information content (AvgIpc) is 2.91. The standard InChI is InChI=1S/C15H16ClFN4O/c16-12-9-19-21(10-12)7-6-20-5-4-18-15(22)14(20)11-2-1-3-13(17)8-11/h1-3,8-10,14H,4-7H2,(H,18,22). The number of hydrogen-bond acceptors (Lipinski definition) is 3. The monoisotopic (exact) mass is 322 g/mol. The Morgan fingerprint density at radius 3 is 3.00 bits per heavy atom. The van der Waals surface area contributed by atoms with Crippen molar-refractivity contribution in [2.24, 2.45) is 0 Å². The minimum absolute atomic E-state index is 0.102. The van der Waals surface area contributed by atoms with Crippen LogP contribution in [-0.4, -0.2) is 40.2 Å². The fourth-order valence-electron chi connectivity index (χ4n) is 2.69. The summed E-state index contributed by atoms with van der Waals surface area (Å²) >= 11 is 5.84. The molecule has 1 N–H and O–H groups in total. The minimum Gasteiger partial charge on any atom is -0.353 e. The summed E-state index contributed by atoms with van der Waals surface area (Å²) in [5.41, 5.74) is 0.663. The van der Waals surface area contributed by atoms with E-state index in [1.54, 1.807) is 29.2 Å². The molecule has 2 aromatic rings. The molecule has 1 aromatic heterocycles. The Morgan fingerprint density at radius 2 is 2.27 bits per heavy atom. The lowest BCUT2D eigenvalue weighted by molar-refractivity contribution is -0.129. The number of hydrogen-bond donors (Lipinski definition) is 1. The van der Waals surface area contributed by atoms with Gasteiger partial charge in [0.25, 0.3) is 0 Å². The second-order valence-electron chi connectivity index (χ2n) is 5.21. The summed E-state index contributed by atoms with van der Waals surface area (Å²) in [7, 11) is 0. The molecule has 3 rings (SSSR count). The van der Waals surface area contributed by atoms with Crippen molar-refractivity contribution in [1.82, 2.24) is 20.0 Å². The first-order chi connectivity index (χ1) is 10.6. The smallest absolute Gasteiger partial charge is 0.242 e. The predicted molar refractivity (Wildman–Crippen MR) is 81.0 cm³/mol. The van der Waals surface area contributed by atoms with Crippen molar-refractivity contribution in [3.63, 3.8) is 0 Å². The zero-order chi connectivity index (χ0) is 15.5. The normalized spacial score (nSPS) is 19.2. The van der Waals surface area contributed by atoms with Crippen molar-refractivity contribution in [1.29, 1.82) is 0 Å². The van der Waals surface area contributed by atoms with Gasteiger partial charge in [-0.25, -0.2) is 4.39 Å². The number of amides is 1. The lowest BCUT2D eigenvalue weighted by Gasteiger charge is -2.35. The molecule has 1 unspecified atom stereocenters. The Labute approximate surface area is 132 Å². The average molecular weight is 323 g/mol. The van der Waals surface area contributed by atoms with Gasteiger partial charge in [-0.3, -0.25) is 14.4 Å². The van der Waals surface area contributed by atoms with E-state index in [1.807, 2.05) is 4.90 Å². The quantitative estimate of drug-likeness (QED) is 0.934. The molecule has 0 radical (unpaired) electrons. The van der Waals surface area contributed by atoms with Crippen LogP contribution >= 0.6 is 11.6 Å². The molecular formula is C15H16ClFN4O. The number of carbonyl (C=O) groups is 1. The van der Waals surface area contributed by atoms with Crippen LogP contribution in [0.25, 0.3) is 0 Å². The molecule has 22 heavy (non-hydrogen) atoms. The second kappa shape index (κ2) is 6.46. The van der Waals surface area contributed by atoms with Gasteiger partial charge < -0.3 is 5.32 Å². The van der Waals surface area contributed by atoms with E-state index in [0.29, 0.717) is 36.8 Å². The van der Waals surface area contributed by atoms with Crippen LogP contribution in [0.5, 0.6) is 0 Å². The van der Waals surface area contributed by atoms with Crippen molar-refractivity contribution in [3.05, 3.63) is 53.1 Å². The summed E-state index contributed by atoms with van der Waals surface area (Å²) in [5.74, 6) is -0.440. The van der Waals surface area contributed by atoms with Gasteiger partial charge in [-0.15, -0.1) is 0 Å².